The zero-order chi connectivity index (χ0) is 31.6. The van der Waals surface area contributed by atoms with Crippen molar-refractivity contribution >= 4 is 23.5 Å². The molecule has 2 aliphatic heterocycles. The van der Waals surface area contributed by atoms with E-state index in [1.807, 2.05) is 0 Å². The van der Waals surface area contributed by atoms with Gasteiger partial charge < -0.3 is 19.5 Å². The predicted molar refractivity (Wildman–Crippen MR) is 149 cm³/mol. The van der Waals surface area contributed by atoms with Gasteiger partial charge in [-0.3, -0.25) is 14.9 Å². The van der Waals surface area contributed by atoms with Crippen LogP contribution in [0.4, 0.5) is 38.0 Å². The number of imidazole rings is 1. The van der Waals surface area contributed by atoms with E-state index in [1.165, 1.54) is 23.0 Å². The number of nitrogens with zero attached hydrogens (tertiary/aromatic N) is 3. The smallest absolute Gasteiger partial charge is 0.416 e. The highest BCUT2D eigenvalue weighted by atomic mass is 19.4. The molecule has 0 saturated carbocycles. The zero-order valence-electron chi connectivity index (χ0n) is 23.8. The van der Waals surface area contributed by atoms with E-state index < -0.39 is 47.4 Å². The highest BCUT2D eigenvalue weighted by molar-refractivity contribution is 5.97. The SMILES string of the molecule is CCOC(=O)C1CCN(c2cc(C(F)(F)F)ccc2Cn2ccnc2NC(=O)[C@]2(F)CNC[C@H]2c2ccc(F)cc2F)CC1. The van der Waals surface area contributed by atoms with Crippen molar-refractivity contribution in [2.24, 2.45) is 5.92 Å². The highest BCUT2D eigenvalue weighted by Crippen LogP contribution is 2.38. The van der Waals surface area contributed by atoms with Crippen LogP contribution in [0, 0.1) is 17.6 Å². The molecule has 0 radical (unpaired) electrons. The van der Waals surface area contributed by atoms with Crippen LogP contribution in [0.25, 0.3) is 0 Å². The van der Waals surface area contributed by atoms with E-state index in [9.17, 15) is 31.5 Å². The number of carbonyl (C=O) groups excluding carboxylic acids is 2. The first kappa shape index (κ1) is 31.4. The molecule has 1 amide bonds. The normalized spacial score (nSPS) is 21.0. The minimum absolute atomic E-state index is 0.0194. The number of ether oxygens (including phenoxy) is 1. The summed E-state index contributed by atoms with van der Waals surface area (Å²) in [4.78, 5) is 31.3. The number of nitrogens with one attached hydrogen (secondary N) is 2. The van der Waals surface area contributed by atoms with Crippen molar-refractivity contribution in [3.8, 4) is 0 Å². The number of piperidine rings is 1. The quantitative estimate of drug-likeness (QED) is 0.270. The molecular formula is C30H31F6N5O3. The lowest BCUT2D eigenvalue weighted by Crippen LogP contribution is -2.45. The molecule has 8 nitrogen and oxygen atoms in total. The molecular weight excluding hydrogens is 592 g/mol. The molecule has 5 rings (SSSR count). The van der Waals surface area contributed by atoms with Gasteiger partial charge in [0.05, 0.1) is 24.6 Å². The van der Waals surface area contributed by atoms with Gasteiger partial charge in [-0.25, -0.2) is 18.2 Å². The summed E-state index contributed by atoms with van der Waals surface area (Å²) in [6, 6.07) is 6.07. The lowest BCUT2D eigenvalue weighted by atomic mass is 9.85. The van der Waals surface area contributed by atoms with Crippen LogP contribution in [0.5, 0.6) is 0 Å². The van der Waals surface area contributed by atoms with Crippen LogP contribution in [0.1, 0.15) is 42.4 Å². The molecule has 236 valence electrons. The Hall–Kier alpha value is -4.07. The number of amides is 1. The summed E-state index contributed by atoms with van der Waals surface area (Å²) in [7, 11) is 0. The summed E-state index contributed by atoms with van der Waals surface area (Å²) >= 11 is 0. The van der Waals surface area contributed by atoms with Crippen LogP contribution in [0.2, 0.25) is 0 Å². The van der Waals surface area contributed by atoms with Crippen LogP contribution in [-0.2, 0) is 27.0 Å². The molecule has 2 saturated heterocycles. The maximum absolute atomic E-state index is 16.2. The van der Waals surface area contributed by atoms with Gasteiger partial charge in [0.25, 0.3) is 5.91 Å². The lowest BCUT2D eigenvalue weighted by Gasteiger charge is -2.34. The number of halogens is 6. The molecule has 0 unspecified atom stereocenters. The summed E-state index contributed by atoms with van der Waals surface area (Å²) in [5.74, 6) is -4.90. The molecule has 0 spiro atoms. The van der Waals surface area contributed by atoms with Crippen LogP contribution >= 0.6 is 0 Å². The summed E-state index contributed by atoms with van der Waals surface area (Å²) < 4.78 is 91.7. The van der Waals surface area contributed by atoms with Crippen molar-refractivity contribution in [1.29, 1.82) is 0 Å². The summed E-state index contributed by atoms with van der Waals surface area (Å²) in [6.45, 7) is 2.08. The minimum Gasteiger partial charge on any atom is -0.466 e. The molecule has 0 aliphatic carbocycles. The lowest BCUT2D eigenvalue weighted by molar-refractivity contribution is -0.148. The van der Waals surface area contributed by atoms with Gasteiger partial charge in [-0.1, -0.05) is 12.1 Å². The zero-order valence-corrected chi connectivity index (χ0v) is 23.8. The van der Waals surface area contributed by atoms with Gasteiger partial charge >= 0.3 is 12.1 Å². The van der Waals surface area contributed by atoms with Gasteiger partial charge in [-0.2, -0.15) is 13.2 Å². The Labute approximate surface area is 249 Å². The molecule has 3 aromatic rings. The van der Waals surface area contributed by atoms with Gasteiger partial charge in [-0.05, 0) is 49.1 Å². The minimum atomic E-state index is -4.59. The van der Waals surface area contributed by atoms with Crippen molar-refractivity contribution in [2.75, 3.05) is 43.0 Å². The van der Waals surface area contributed by atoms with Crippen molar-refractivity contribution in [2.45, 2.75) is 44.1 Å². The molecule has 14 heteroatoms. The molecule has 1 aromatic heterocycles. The number of benzene rings is 2. The molecule has 0 bridgehead atoms. The molecule has 2 atom stereocenters. The van der Waals surface area contributed by atoms with Crippen molar-refractivity contribution in [3.63, 3.8) is 0 Å². The third kappa shape index (κ3) is 6.40. The fourth-order valence-electron chi connectivity index (χ4n) is 5.80. The van der Waals surface area contributed by atoms with E-state index in [4.69, 9.17) is 4.74 Å². The van der Waals surface area contributed by atoms with E-state index in [-0.39, 0.29) is 43.1 Å². The van der Waals surface area contributed by atoms with E-state index >= 15 is 4.39 Å². The van der Waals surface area contributed by atoms with E-state index in [0.29, 0.717) is 43.2 Å². The Balaban J connectivity index is 1.37. The first-order valence-corrected chi connectivity index (χ1v) is 14.2. The average Bonchev–Trinajstić information content (AvgIpc) is 3.59. The maximum Gasteiger partial charge on any atom is 0.416 e. The third-order valence-electron chi connectivity index (χ3n) is 8.15. The number of rotatable bonds is 8. The summed E-state index contributed by atoms with van der Waals surface area (Å²) in [5, 5.41) is 5.19. The van der Waals surface area contributed by atoms with Crippen LogP contribution in [0.15, 0.2) is 48.8 Å². The van der Waals surface area contributed by atoms with Gasteiger partial charge in [-0.15, -0.1) is 0 Å². The van der Waals surface area contributed by atoms with E-state index in [1.54, 1.807) is 11.8 Å². The fraction of sp³-hybridized carbons (Fsp3) is 0.433. The fourth-order valence-corrected chi connectivity index (χ4v) is 5.80. The maximum atomic E-state index is 16.2. The van der Waals surface area contributed by atoms with Crippen LogP contribution < -0.4 is 15.5 Å². The number of alkyl halides is 4. The van der Waals surface area contributed by atoms with Gasteiger partial charge in [0, 0.05) is 56.2 Å². The Morgan fingerprint density at radius 1 is 1.14 bits per heavy atom. The van der Waals surface area contributed by atoms with E-state index in [2.05, 4.69) is 15.6 Å². The van der Waals surface area contributed by atoms with Gasteiger partial charge in [0.15, 0.2) is 0 Å². The van der Waals surface area contributed by atoms with Crippen molar-refractivity contribution in [3.05, 3.63) is 77.1 Å². The van der Waals surface area contributed by atoms with Crippen molar-refractivity contribution < 1.29 is 40.7 Å². The van der Waals surface area contributed by atoms with Crippen LogP contribution in [-0.4, -0.2) is 59.9 Å². The second-order valence-corrected chi connectivity index (χ2v) is 10.9. The van der Waals surface area contributed by atoms with Crippen LogP contribution in [0.3, 0.4) is 0 Å². The number of aromatic nitrogens is 2. The first-order valence-electron chi connectivity index (χ1n) is 14.2. The average molecular weight is 624 g/mol. The number of carbonyl (C=O) groups is 2. The predicted octanol–water partition coefficient (Wildman–Crippen LogP) is 5.04. The third-order valence-corrected chi connectivity index (χ3v) is 8.15. The molecule has 2 N–H and O–H groups in total. The topological polar surface area (TPSA) is 88.5 Å². The molecule has 2 fully saturated rings. The Bertz CT molecular complexity index is 1520. The van der Waals surface area contributed by atoms with Crippen molar-refractivity contribution in [1.82, 2.24) is 14.9 Å². The molecule has 3 heterocycles. The Morgan fingerprint density at radius 2 is 1.89 bits per heavy atom. The van der Waals surface area contributed by atoms with Gasteiger partial charge in [0.2, 0.25) is 11.6 Å². The highest BCUT2D eigenvalue weighted by Gasteiger charge is 2.51. The monoisotopic (exact) mass is 623 g/mol. The Kier molecular flexibility index (Phi) is 8.91. The number of hydrogen-bond donors (Lipinski definition) is 2. The van der Waals surface area contributed by atoms with Gasteiger partial charge in [0.1, 0.15) is 11.6 Å². The molecule has 2 aromatic carbocycles. The summed E-state index contributed by atoms with van der Waals surface area (Å²) in [5.41, 5.74) is -2.81. The van der Waals surface area contributed by atoms with E-state index in [0.717, 1.165) is 24.3 Å². The number of hydrogen-bond acceptors (Lipinski definition) is 6. The standard InChI is InChI=1S/C30H31F6N5O3/c1-2-44-26(42)18-7-10-40(11-8-18)25-13-20(30(34,35)36)4-3-19(25)16-41-12-9-38-28(41)39-27(43)29(33)17-37-15-23(29)22-6-5-21(31)14-24(22)32/h3-6,9,12-14,18,23,37H,2,7-8,10-11,15-17H2,1H3,(H,38,39,43)/t23-,29-/m0/s1. The number of esters is 1. The largest absolute Gasteiger partial charge is 0.466 e. The first-order chi connectivity index (χ1) is 20.9. The molecule has 2 aliphatic rings. The second-order valence-electron chi connectivity index (χ2n) is 10.9. The molecule has 44 heavy (non-hydrogen) atoms. The second kappa shape index (κ2) is 12.5. The summed E-state index contributed by atoms with van der Waals surface area (Å²) in [6.07, 6.45) is -0.944. The Morgan fingerprint density at radius 3 is 2.57 bits per heavy atom. The number of anilines is 2.